The zero-order valence-corrected chi connectivity index (χ0v) is 13.5. The average molecular weight is 306 g/mol. The number of benzene rings is 1. The fourth-order valence-corrected chi connectivity index (χ4v) is 2.45. The fraction of sp³-hybridized carbons (Fsp3) is 0.375. The molecule has 1 heterocycles. The van der Waals surface area contributed by atoms with Crippen LogP contribution in [0.3, 0.4) is 0 Å². The summed E-state index contributed by atoms with van der Waals surface area (Å²) in [4.78, 5) is 12.3. The lowest BCUT2D eigenvalue weighted by molar-refractivity contribution is 0.101. The molecular weight excluding hydrogens is 286 g/mol. The van der Waals surface area contributed by atoms with Crippen LogP contribution in [0.5, 0.6) is 0 Å². The van der Waals surface area contributed by atoms with E-state index in [1.54, 1.807) is 14.0 Å². The van der Waals surface area contributed by atoms with E-state index in [0.29, 0.717) is 22.3 Å². The third kappa shape index (κ3) is 3.27. The molecule has 1 aromatic carbocycles. The SMILES string of the molecule is CCC(C)c1ccc(NC(=O)c2c(Cl)c(C)nn2C)cc1. The quantitative estimate of drug-likeness (QED) is 0.922. The van der Waals surface area contributed by atoms with Gasteiger partial charge in [0.25, 0.3) is 5.91 Å². The molecule has 0 saturated heterocycles. The van der Waals surface area contributed by atoms with Crippen LogP contribution in [0.15, 0.2) is 24.3 Å². The second kappa shape index (κ2) is 6.31. The van der Waals surface area contributed by atoms with Crippen molar-refractivity contribution < 1.29 is 4.79 Å². The number of aromatic nitrogens is 2. The zero-order chi connectivity index (χ0) is 15.6. The molecule has 4 nitrogen and oxygen atoms in total. The van der Waals surface area contributed by atoms with Crippen LogP contribution >= 0.6 is 11.6 Å². The minimum atomic E-state index is -0.251. The number of carbonyl (C=O) groups is 1. The summed E-state index contributed by atoms with van der Waals surface area (Å²) < 4.78 is 1.50. The van der Waals surface area contributed by atoms with E-state index in [4.69, 9.17) is 11.6 Å². The highest BCUT2D eigenvalue weighted by atomic mass is 35.5. The Morgan fingerprint density at radius 2 is 2.00 bits per heavy atom. The summed E-state index contributed by atoms with van der Waals surface area (Å²) in [6.45, 7) is 6.12. The van der Waals surface area contributed by atoms with Crippen LogP contribution in [-0.2, 0) is 7.05 Å². The van der Waals surface area contributed by atoms with Gasteiger partial charge in [-0.3, -0.25) is 9.48 Å². The molecule has 1 unspecified atom stereocenters. The van der Waals surface area contributed by atoms with Gasteiger partial charge < -0.3 is 5.32 Å². The van der Waals surface area contributed by atoms with Gasteiger partial charge in [-0.05, 0) is 37.0 Å². The van der Waals surface area contributed by atoms with Gasteiger partial charge in [-0.1, -0.05) is 37.6 Å². The highest BCUT2D eigenvalue weighted by molar-refractivity contribution is 6.34. The van der Waals surface area contributed by atoms with Crippen LogP contribution in [-0.4, -0.2) is 15.7 Å². The van der Waals surface area contributed by atoms with Crippen LogP contribution < -0.4 is 5.32 Å². The van der Waals surface area contributed by atoms with E-state index in [1.807, 2.05) is 24.3 Å². The summed E-state index contributed by atoms with van der Waals surface area (Å²) in [6.07, 6.45) is 1.09. The number of nitrogens with zero attached hydrogens (tertiary/aromatic N) is 2. The molecule has 1 atom stereocenters. The lowest BCUT2D eigenvalue weighted by Crippen LogP contribution is -2.16. The second-order valence-electron chi connectivity index (χ2n) is 5.26. The van der Waals surface area contributed by atoms with Crippen molar-refractivity contribution in [3.8, 4) is 0 Å². The van der Waals surface area contributed by atoms with Gasteiger partial charge in [0.1, 0.15) is 5.69 Å². The molecular formula is C16H20ClN3O. The monoisotopic (exact) mass is 305 g/mol. The molecule has 5 heteroatoms. The predicted molar refractivity (Wildman–Crippen MR) is 86.1 cm³/mol. The standard InChI is InChI=1S/C16H20ClN3O/c1-5-10(2)12-6-8-13(9-7-12)18-16(21)15-14(17)11(3)19-20(15)4/h6-10H,5H2,1-4H3,(H,18,21). The maximum Gasteiger partial charge on any atom is 0.275 e. The van der Waals surface area contributed by atoms with E-state index < -0.39 is 0 Å². The molecule has 1 aromatic heterocycles. The first-order valence-electron chi connectivity index (χ1n) is 7.04. The van der Waals surface area contributed by atoms with Gasteiger partial charge >= 0.3 is 0 Å². The van der Waals surface area contributed by atoms with Crippen LogP contribution in [0.2, 0.25) is 5.02 Å². The molecule has 0 aliphatic carbocycles. The summed E-state index contributed by atoms with van der Waals surface area (Å²) in [6, 6.07) is 7.91. The topological polar surface area (TPSA) is 46.9 Å². The van der Waals surface area contributed by atoms with Gasteiger partial charge in [-0.15, -0.1) is 0 Å². The molecule has 2 rings (SSSR count). The van der Waals surface area contributed by atoms with E-state index in [1.165, 1.54) is 10.2 Å². The Morgan fingerprint density at radius 3 is 2.48 bits per heavy atom. The van der Waals surface area contributed by atoms with Crippen molar-refractivity contribution in [1.82, 2.24) is 9.78 Å². The van der Waals surface area contributed by atoms with Crippen molar-refractivity contribution in [2.75, 3.05) is 5.32 Å². The Labute approximate surface area is 130 Å². The van der Waals surface area contributed by atoms with Gasteiger partial charge in [0, 0.05) is 12.7 Å². The third-order valence-electron chi connectivity index (χ3n) is 3.71. The first-order valence-corrected chi connectivity index (χ1v) is 7.42. The van der Waals surface area contributed by atoms with Crippen LogP contribution in [0.4, 0.5) is 5.69 Å². The molecule has 0 radical (unpaired) electrons. The lowest BCUT2D eigenvalue weighted by Gasteiger charge is -2.10. The molecule has 112 valence electrons. The molecule has 2 aromatic rings. The van der Waals surface area contributed by atoms with E-state index in [9.17, 15) is 4.79 Å². The van der Waals surface area contributed by atoms with E-state index >= 15 is 0 Å². The number of amides is 1. The van der Waals surface area contributed by atoms with Crippen LogP contribution in [0.25, 0.3) is 0 Å². The highest BCUT2D eigenvalue weighted by Crippen LogP contribution is 2.23. The van der Waals surface area contributed by atoms with Crippen molar-refractivity contribution >= 4 is 23.2 Å². The third-order valence-corrected chi connectivity index (χ3v) is 4.17. The highest BCUT2D eigenvalue weighted by Gasteiger charge is 2.18. The first kappa shape index (κ1) is 15.6. The van der Waals surface area contributed by atoms with E-state index in [2.05, 4.69) is 24.3 Å². The number of carbonyl (C=O) groups excluding carboxylic acids is 1. The predicted octanol–water partition coefficient (Wildman–Crippen LogP) is 4.15. The molecule has 1 N–H and O–H groups in total. The maximum atomic E-state index is 12.3. The lowest BCUT2D eigenvalue weighted by atomic mass is 9.99. The first-order chi connectivity index (χ1) is 9.93. The van der Waals surface area contributed by atoms with Crippen LogP contribution in [0.1, 0.15) is 47.9 Å². The Kier molecular flexibility index (Phi) is 4.68. The van der Waals surface area contributed by atoms with Crippen molar-refractivity contribution in [1.29, 1.82) is 0 Å². The number of nitrogens with one attached hydrogen (secondary N) is 1. The van der Waals surface area contributed by atoms with E-state index in [-0.39, 0.29) is 5.91 Å². The van der Waals surface area contributed by atoms with Gasteiger partial charge in [-0.2, -0.15) is 5.10 Å². The Balaban J connectivity index is 2.16. The Bertz CT molecular complexity index is 646. The number of hydrogen-bond donors (Lipinski definition) is 1. The molecule has 0 aliphatic heterocycles. The minimum absolute atomic E-state index is 0.251. The molecule has 0 bridgehead atoms. The fourth-order valence-electron chi connectivity index (χ4n) is 2.20. The summed E-state index contributed by atoms with van der Waals surface area (Å²) >= 11 is 6.12. The van der Waals surface area contributed by atoms with Crippen molar-refractivity contribution in [2.45, 2.75) is 33.1 Å². The molecule has 0 spiro atoms. The summed E-state index contributed by atoms with van der Waals surface area (Å²) in [5.41, 5.74) is 3.04. The van der Waals surface area contributed by atoms with Gasteiger partial charge in [0.15, 0.2) is 0 Å². The normalized spacial score (nSPS) is 12.2. The average Bonchev–Trinajstić information content (AvgIpc) is 2.72. The zero-order valence-electron chi connectivity index (χ0n) is 12.8. The van der Waals surface area contributed by atoms with Crippen molar-refractivity contribution in [3.05, 3.63) is 46.2 Å². The smallest absolute Gasteiger partial charge is 0.275 e. The maximum absolute atomic E-state index is 12.3. The van der Waals surface area contributed by atoms with E-state index in [0.717, 1.165) is 12.1 Å². The molecule has 1 amide bonds. The summed E-state index contributed by atoms with van der Waals surface area (Å²) in [5.74, 6) is 0.267. The van der Waals surface area contributed by atoms with Gasteiger partial charge in [0.05, 0.1) is 10.7 Å². The number of aryl methyl sites for hydroxylation is 2. The molecule has 0 saturated carbocycles. The van der Waals surface area contributed by atoms with Gasteiger partial charge in [0.2, 0.25) is 0 Å². The molecule has 21 heavy (non-hydrogen) atoms. The number of halogens is 1. The number of anilines is 1. The number of rotatable bonds is 4. The largest absolute Gasteiger partial charge is 0.321 e. The molecule has 0 fully saturated rings. The second-order valence-corrected chi connectivity index (χ2v) is 5.63. The van der Waals surface area contributed by atoms with Gasteiger partial charge in [-0.25, -0.2) is 0 Å². The van der Waals surface area contributed by atoms with Crippen molar-refractivity contribution in [2.24, 2.45) is 7.05 Å². The minimum Gasteiger partial charge on any atom is -0.321 e. The van der Waals surface area contributed by atoms with Crippen LogP contribution in [0, 0.1) is 6.92 Å². The van der Waals surface area contributed by atoms with Crippen molar-refractivity contribution in [3.63, 3.8) is 0 Å². The summed E-state index contributed by atoms with van der Waals surface area (Å²) in [7, 11) is 1.71. The Hall–Kier alpha value is -1.81. The molecule has 0 aliphatic rings. The number of hydrogen-bond acceptors (Lipinski definition) is 2. The Morgan fingerprint density at radius 1 is 1.38 bits per heavy atom. The summed E-state index contributed by atoms with van der Waals surface area (Å²) in [5, 5.41) is 7.39.